The van der Waals surface area contributed by atoms with E-state index in [4.69, 9.17) is 11.6 Å². The molecule has 2 N–H and O–H groups in total. The van der Waals surface area contributed by atoms with Crippen LogP contribution in [-0.4, -0.2) is 11.1 Å². The average molecular weight is 322 g/mol. The maximum atomic E-state index is 11.2. The summed E-state index contributed by atoms with van der Waals surface area (Å²) >= 11 is 7.78. The van der Waals surface area contributed by atoms with Crippen molar-refractivity contribution in [2.45, 2.75) is 32.2 Å². The van der Waals surface area contributed by atoms with Gasteiger partial charge in [0.2, 0.25) is 0 Å². The fraction of sp³-hybridized carbons (Fsp3) is 0.312. The molecule has 0 amide bonds. The maximum Gasteiger partial charge on any atom is 0.336 e. The van der Waals surface area contributed by atoms with Crippen LogP contribution in [0.4, 0.5) is 5.69 Å². The second-order valence-electron chi connectivity index (χ2n) is 5.30. The van der Waals surface area contributed by atoms with Crippen LogP contribution in [0.15, 0.2) is 24.3 Å². The van der Waals surface area contributed by atoms with E-state index in [2.05, 4.69) is 5.32 Å². The predicted molar refractivity (Wildman–Crippen MR) is 86.8 cm³/mol. The Kier molecular flexibility index (Phi) is 3.91. The molecule has 0 spiro atoms. The van der Waals surface area contributed by atoms with E-state index in [1.807, 2.05) is 19.1 Å². The number of anilines is 1. The highest BCUT2D eigenvalue weighted by atomic mass is 35.5. The molecule has 0 bridgehead atoms. The quantitative estimate of drug-likeness (QED) is 0.845. The molecule has 110 valence electrons. The van der Waals surface area contributed by atoms with Crippen molar-refractivity contribution in [2.24, 2.45) is 0 Å². The minimum absolute atomic E-state index is 0.209. The van der Waals surface area contributed by atoms with Crippen molar-refractivity contribution in [3.8, 4) is 0 Å². The maximum absolute atomic E-state index is 11.2. The second kappa shape index (κ2) is 5.70. The normalized spacial score (nSPS) is 17.3. The molecule has 3 rings (SSSR count). The summed E-state index contributed by atoms with van der Waals surface area (Å²) in [6.07, 6.45) is 3.25. The molecule has 2 aromatic rings. The smallest absolute Gasteiger partial charge is 0.336 e. The Bertz CT molecular complexity index is 696. The molecular weight excluding hydrogens is 306 g/mol. The molecule has 5 heteroatoms. The van der Waals surface area contributed by atoms with E-state index >= 15 is 0 Å². The highest BCUT2D eigenvalue weighted by Gasteiger charge is 2.23. The summed E-state index contributed by atoms with van der Waals surface area (Å²) in [5.41, 5.74) is 3.27. The van der Waals surface area contributed by atoms with Crippen molar-refractivity contribution in [1.29, 1.82) is 0 Å². The largest absolute Gasteiger partial charge is 0.478 e. The van der Waals surface area contributed by atoms with Crippen LogP contribution in [0.3, 0.4) is 0 Å². The van der Waals surface area contributed by atoms with Crippen molar-refractivity contribution < 1.29 is 9.90 Å². The zero-order valence-corrected chi connectivity index (χ0v) is 13.2. The lowest BCUT2D eigenvalue weighted by molar-refractivity contribution is 0.0696. The molecule has 1 aromatic carbocycles. The number of halogens is 1. The number of benzene rings is 1. The van der Waals surface area contributed by atoms with E-state index in [1.54, 1.807) is 23.5 Å². The van der Waals surface area contributed by atoms with E-state index in [1.165, 1.54) is 10.4 Å². The van der Waals surface area contributed by atoms with Crippen molar-refractivity contribution in [3.63, 3.8) is 0 Å². The summed E-state index contributed by atoms with van der Waals surface area (Å²) in [6.45, 7) is 1.84. The van der Waals surface area contributed by atoms with Crippen molar-refractivity contribution in [1.82, 2.24) is 0 Å². The molecule has 1 atom stereocenters. The van der Waals surface area contributed by atoms with Gasteiger partial charge < -0.3 is 10.4 Å². The number of carboxylic acid groups (broad SMARTS) is 1. The van der Waals surface area contributed by atoms with Gasteiger partial charge in [-0.25, -0.2) is 4.79 Å². The Morgan fingerprint density at radius 2 is 2.29 bits per heavy atom. The third-order valence-corrected chi connectivity index (χ3v) is 5.32. The van der Waals surface area contributed by atoms with Gasteiger partial charge in [0.25, 0.3) is 0 Å². The van der Waals surface area contributed by atoms with Crippen LogP contribution in [0, 0.1) is 6.92 Å². The number of carbonyl (C=O) groups is 1. The first-order valence-corrected chi connectivity index (χ1v) is 8.13. The van der Waals surface area contributed by atoms with E-state index in [0.29, 0.717) is 5.56 Å². The molecule has 1 aliphatic rings. The molecule has 1 heterocycles. The van der Waals surface area contributed by atoms with E-state index in [9.17, 15) is 9.90 Å². The fourth-order valence-electron chi connectivity index (χ4n) is 2.88. The van der Waals surface area contributed by atoms with E-state index < -0.39 is 5.97 Å². The van der Waals surface area contributed by atoms with Crippen LogP contribution in [0.2, 0.25) is 4.34 Å². The molecule has 0 aliphatic heterocycles. The van der Waals surface area contributed by atoms with Crippen LogP contribution in [0.5, 0.6) is 0 Å². The van der Waals surface area contributed by atoms with Gasteiger partial charge >= 0.3 is 5.97 Å². The fourth-order valence-corrected chi connectivity index (χ4v) is 4.27. The van der Waals surface area contributed by atoms with E-state index in [0.717, 1.165) is 34.8 Å². The number of nitrogens with one attached hydrogen (secondary N) is 1. The van der Waals surface area contributed by atoms with Gasteiger partial charge in [0, 0.05) is 10.6 Å². The Morgan fingerprint density at radius 3 is 3.05 bits per heavy atom. The monoisotopic (exact) mass is 321 g/mol. The molecule has 0 fully saturated rings. The lowest BCUT2D eigenvalue weighted by Gasteiger charge is -2.25. The van der Waals surface area contributed by atoms with Crippen molar-refractivity contribution in [2.75, 3.05) is 5.32 Å². The first kappa shape index (κ1) is 14.4. The molecule has 0 radical (unpaired) electrons. The average Bonchev–Trinajstić information content (AvgIpc) is 2.82. The number of rotatable bonds is 3. The first-order valence-electron chi connectivity index (χ1n) is 6.94. The Labute approximate surface area is 132 Å². The highest BCUT2D eigenvalue weighted by molar-refractivity contribution is 7.16. The lowest BCUT2D eigenvalue weighted by atomic mass is 9.93. The Hall–Kier alpha value is -1.52. The van der Waals surface area contributed by atoms with Gasteiger partial charge in [0.15, 0.2) is 0 Å². The lowest BCUT2D eigenvalue weighted by Crippen LogP contribution is -2.16. The van der Waals surface area contributed by atoms with Crippen LogP contribution in [0.25, 0.3) is 0 Å². The minimum Gasteiger partial charge on any atom is -0.478 e. The summed E-state index contributed by atoms with van der Waals surface area (Å²) in [6, 6.07) is 7.60. The summed E-state index contributed by atoms with van der Waals surface area (Å²) in [5.74, 6) is -0.890. The standard InChI is InChI=1S/C16H16ClNO2S/c1-9-10(16(19)20)4-2-5-12(9)18-13-6-3-7-14-11(13)8-15(17)21-14/h2,4-5,8,13,18H,3,6-7H2,1H3,(H,19,20). The molecule has 3 nitrogen and oxygen atoms in total. The molecule has 0 saturated heterocycles. The predicted octanol–water partition coefficient (Wildman–Crippen LogP) is 4.90. The number of fused-ring (bicyclic) bond motifs is 1. The zero-order chi connectivity index (χ0) is 15.0. The SMILES string of the molecule is Cc1c(NC2CCCc3sc(Cl)cc32)cccc1C(=O)O. The van der Waals surface area contributed by atoms with Gasteiger partial charge in [-0.3, -0.25) is 0 Å². The number of aryl methyl sites for hydroxylation is 1. The first-order chi connectivity index (χ1) is 10.1. The van der Waals surface area contributed by atoms with E-state index in [-0.39, 0.29) is 6.04 Å². The van der Waals surface area contributed by atoms with Crippen LogP contribution >= 0.6 is 22.9 Å². The third-order valence-electron chi connectivity index (χ3n) is 3.98. The molecule has 1 aliphatic carbocycles. The zero-order valence-electron chi connectivity index (χ0n) is 11.6. The van der Waals surface area contributed by atoms with Crippen LogP contribution < -0.4 is 5.32 Å². The third kappa shape index (κ3) is 2.78. The van der Waals surface area contributed by atoms with Gasteiger partial charge in [-0.1, -0.05) is 17.7 Å². The molecule has 1 unspecified atom stereocenters. The number of hydrogen-bond donors (Lipinski definition) is 2. The molecule has 1 aromatic heterocycles. The van der Waals surface area contributed by atoms with Gasteiger partial charge in [0.1, 0.15) is 0 Å². The molecule has 21 heavy (non-hydrogen) atoms. The topological polar surface area (TPSA) is 49.3 Å². The number of thiophene rings is 1. The summed E-state index contributed by atoms with van der Waals surface area (Å²) in [5, 5.41) is 12.7. The second-order valence-corrected chi connectivity index (χ2v) is 7.07. The Balaban J connectivity index is 1.91. The molecular formula is C16H16ClNO2S. The number of carboxylic acids is 1. The van der Waals surface area contributed by atoms with Crippen molar-refractivity contribution in [3.05, 3.63) is 50.2 Å². The minimum atomic E-state index is -0.890. The summed E-state index contributed by atoms with van der Waals surface area (Å²) in [7, 11) is 0. The van der Waals surface area contributed by atoms with Gasteiger partial charge in [-0.05, 0) is 55.5 Å². The van der Waals surface area contributed by atoms with Gasteiger partial charge in [0.05, 0.1) is 15.9 Å². The van der Waals surface area contributed by atoms with Crippen molar-refractivity contribution >= 4 is 34.6 Å². The van der Waals surface area contributed by atoms with Crippen LogP contribution in [0.1, 0.15) is 45.2 Å². The molecule has 0 saturated carbocycles. The highest BCUT2D eigenvalue weighted by Crippen LogP contribution is 2.39. The van der Waals surface area contributed by atoms with Gasteiger partial charge in [-0.2, -0.15) is 0 Å². The summed E-state index contributed by atoms with van der Waals surface area (Å²) in [4.78, 5) is 12.6. The van der Waals surface area contributed by atoms with Gasteiger partial charge in [-0.15, -0.1) is 11.3 Å². The summed E-state index contributed by atoms with van der Waals surface area (Å²) < 4.78 is 0.824. The Morgan fingerprint density at radius 1 is 1.48 bits per heavy atom. The van der Waals surface area contributed by atoms with Crippen LogP contribution in [-0.2, 0) is 6.42 Å². The number of aromatic carboxylic acids is 1. The number of hydrogen-bond acceptors (Lipinski definition) is 3.